The number of carbonyl (C=O) groups is 1. The molecule has 18 heavy (non-hydrogen) atoms. The molecule has 1 heterocycles. The lowest BCUT2D eigenvalue weighted by atomic mass is 10.2. The summed E-state index contributed by atoms with van der Waals surface area (Å²) in [5.74, 6) is -0.193. The monoisotopic (exact) mass is 267 g/mol. The van der Waals surface area contributed by atoms with E-state index in [1.165, 1.54) is 7.11 Å². The number of rotatable bonds is 6. The minimum Gasteiger partial charge on any atom is -0.469 e. The van der Waals surface area contributed by atoms with Crippen LogP contribution >= 0.6 is 12.2 Å². The van der Waals surface area contributed by atoms with E-state index in [-0.39, 0.29) is 11.0 Å². The van der Waals surface area contributed by atoms with Crippen molar-refractivity contribution in [2.75, 3.05) is 25.6 Å². The van der Waals surface area contributed by atoms with Gasteiger partial charge in [0, 0.05) is 31.9 Å². The van der Waals surface area contributed by atoms with E-state index in [0.717, 1.165) is 18.7 Å². The number of methoxy groups -OCH3 is 1. The summed E-state index contributed by atoms with van der Waals surface area (Å²) in [6.07, 6.45) is 2.81. The van der Waals surface area contributed by atoms with Crippen molar-refractivity contribution in [2.24, 2.45) is 5.73 Å². The fourth-order valence-corrected chi connectivity index (χ4v) is 1.59. The van der Waals surface area contributed by atoms with Gasteiger partial charge in [0.1, 0.15) is 4.99 Å². The number of esters is 1. The zero-order valence-corrected chi connectivity index (χ0v) is 11.4. The predicted octanol–water partition coefficient (Wildman–Crippen LogP) is 1.11. The fraction of sp³-hybridized carbons (Fsp3) is 0.417. The van der Waals surface area contributed by atoms with Crippen molar-refractivity contribution in [1.29, 1.82) is 0 Å². The van der Waals surface area contributed by atoms with Crippen LogP contribution in [0.15, 0.2) is 18.3 Å². The smallest absolute Gasteiger partial charge is 0.305 e. The van der Waals surface area contributed by atoms with E-state index < -0.39 is 0 Å². The average molecular weight is 267 g/mol. The van der Waals surface area contributed by atoms with Crippen LogP contribution in [0.2, 0.25) is 0 Å². The third-order valence-corrected chi connectivity index (χ3v) is 2.75. The van der Waals surface area contributed by atoms with Crippen molar-refractivity contribution in [3.8, 4) is 0 Å². The summed E-state index contributed by atoms with van der Waals surface area (Å²) in [6, 6.07) is 3.71. The molecule has 0 atom stereocenters. The molecular weight excluding hydrogens is 250 g/mol. The van der Waals surface area contributed by atoms with E-state index in [0.29, 0.717) is 12.1 Å². The average Bonchev–Trinajstić information content (AvgIpc) is 2.38. The Kier molecular flexibility index (Phi) is 5.51. The highest BCUT2D eigenvalue weighted by atomic mass is 32.1. The second-order valence-corrected chi connectivity index (χ2v) is 4.30. The highest BCUT2D eigenvalue weighted by Crippen LogP contribution is 2.13. The summed E-state index contributed by atoms with van der Waals surface area (Å²) in [7, 11) is 3.33. The first kappa shape index (κ1) is 14.4. The van der Waals surface area contributed by atoms with E-state index in [1.807, 2.05) is 24.1 Å². The topological polar surface area (TPSA) is 68.5 Å². The van der Waals surface area contributed by atoms with Crippen LogP contribution in [0.3, 0.4) is 0 Å². The molecule has 0 aliphatic heterocycles. The van der Waals surface area contributed by atoms with Crippen molar-refractivity contribution < 1.29 is 9.53 Å². The van der Waals surface area contributed by atoms with E-state index in [1.54, 1.807) is 6.20 Å². The number of nitrogens with zero attached hydrogens (tertiary/aromatic N) is 2. The molecule has 0 unspecified atom stereocenters. The molecule has 1 aromatic rings. The Labute approximate surface area is 112 Å². The molecule has 0 fully saturated rings. The number of pyridine rings is 1. The van der Waals surface area contributed by atoms with Crippen molar-refractivity contribution in [3.63, 3.8) is 0 Å². The SMILES string of the molecule is COC(=O)CCCN(C)c1ccnc(C(N)=S)c1. The van der Waals surface area contributed by atoms with E-state index in [9.17, 15) is 4.79 Å². The fourth-order valence-electron chi connectivity index (χ4n) is 1.48. The van der Waals surface area contributed by atoms with Gasteiger partial charge in [-0.1, -0.05) is 12.2 Å². The second-order valence-electron chi connectivity index (χ2n) is 3.86. The van der Waals surface area contributed by atoms with Crippen LogP contribution in [-0.2, 0) is 9.53 Å². The minimum absolute atomic E-state index is 0.193. The summed E-state index contributed by atoms with van der Waals surface area (Å²) >= 11 is 4.88. The molecule has 0 aliphatic carbocycles. The Morgan fingerprint density at radius 2 is 2.33 bits per heavy atom. The molecule has 0 saturated heterocycles. The summed E-state index contributed by atoms with van der Waals surface area (Å²) in [4.78, 5) is 17.4. The van der Waals surface area contributed by atoms with Crippen molar-refractivity contribution in [3.05, 3.63) is 24.0 Å². The van der Waals surface area contributed by atoms with Crippen LogP contribution in [0.4, 0.5) is 5.69 Å². The van der Waals surface area contributed by atoms with Crippen LogP contribution < -0.4 is 10.6 Å². The van der Waals surface area contributed by atoms with Crippen molar-refractivity contribution in [2.45, 2.75) is 12.8 Å². The molecule has 0 spiro atoms. The van der Waals surface area contributed by atoms with Crippen LogP contribution in [-0.4, -0.2) is 36.6 Å². The summed E-state index contributed by atoms with van der Waals surface area (Å²) in [6.45, 7) is 0.746. The molecule has 0 bridgehead atoms. The van der Waals surface area contributed by atoms with Crippen molar-refractivity contribution in [1.82, 2.24) is 4.98 Å². The number of nitrogens with two attached hydrogens (primary N) is 1. The van der Waals surface area contributed by atoms with Gasteiger partial charge in [0.15, 0.2) is 0 Å². The standard InChI is InChI=1S/C12H17N3O2S/c1-15(7-3-4-11(16)17-2)9-5-6-14-10(8-9)12(13)18/h5-6,8H,3-4,7H2,1-2H3,(H2,13,18). The lowest BCUT2D eigenvalue weighted by Gasteiger charge is -2.19. The lowest BCUT2D eigenvalue weighted by Crippen LogP contribution is -2.20. The summed E-state index contributed by atoms with van der Waals surface area (Å²) < 4.78 is 4.59. The molecule has 1 rings (SSSR count). The summed E-state index contributed by atoms with van der Waals surface area (Å²) in [5, 5.41) is 0. The minimum atomic E-state index is -0.193. The first-order chi connectivity index (χ1) is 8.54. The number of thiocarbonyl (C=S) groups is 1. The number of hydrogen-bond acceptors (Lipinski definition) is 5. The van der Waals surface area contributed by atoms with Crippen LogP contribution in [0.25, 0.3) is 0 Å². The van der Waals surface area contributed by atoms with Gasteiger partial charge < -0.3 is 15.4 Å². The third-order valence-electron chi connectivity index (χ3n) is 2.54. The van der Waals surface area contributed by atoms with Crippen molar-refractivity contribution >= 4 is 28.9 Å². The van der Waals surface area contributed by atoms with E-state index >= 15 is 0 Å². The third kappa shape index (κ3) is 4.29. The Morgan fingerprint density at radius 1 is 1.61 bits per heavy atom. The van der Waals surface area contributed by atoms with Gasteiger partial charge in [0.2, 0.25) is 0 Å². The molecule has 0 aliphatic rings. The van der Waals surface area contributed by atoms with Gasteiger partial charge in [-0.15, -0.1) is 0 Å². The van der Waals surface area contributed by atoms with Gasteiger partial charge in [-0.3, -0.25) is 9.78 Å². The quantitative estimate of drug-likeness (QED) is 0.615. The molecule has 0 aromatic carbocycles. The van der Waals surface area contributed by atoms with Gasteiger partial charge in [-0.25, -0.2) is 0 Å². The maximum atomic E-state index is 11.0. The molecule has 1 aromatic heterocycles. The normalized spacial score (nSPS) is 9.89. The number of anilines is 1. The number of ether oxygens (including phenoxy) is 1. The molecule has 98 valence electrons. The van der Waals surface area contributed by atoms with Gasteiger partial charge in [-0.05, 0) is 18.6 Å². The first-order valence-corrected chi connectivity index (χ1v) is 5.99. The van der Waals surface area contributed by atoms with Crippen LogP contribution in [0.1, 0.15) is 18.5 Å². The number of carbonyl (C=O) groups excluding carboxylic acids is 1. The molecule has 2 N–H and O–H groups in total. The molecule has 6 heteroatoms. The Hall–Kier alpha value is -1.69. The molecular formula is C12H17N3O2S. The Balaban J connectivity index is 2.56. The number of aromatic nitrogens is 1. The first-order valence-electron chi connectivity index (χ1n) is 5.58. The maximum Gasteiger partial charge on any atom is 0.305 e. The predicted molar refractivity (Wildman–Crippen MR) is 74.6 cm³/mol. The Morgan fingerprint density at radius 3 is 2.94 bits per heavy atom. The zero-order valence-electron chi connectivity index (χ0n) is 10.5. The van der Waals surface area contributed by atoms with Gasteiger partial charge >= 0.3 is 5.97 Å². The molecule has 0 amide bonds. The van der Waals surface area contributed by atoms with Crippen LogP contribution in [0, 0.1) is 0 Å². The highest BCUT2D eigenvalue weighted by Gasteiger charge is 2.06. The Bertz CT molecular complexity index is 437. The lowest BCUT2D eigenvalue weighted by molar-refractivity contribution is -0.140. The summed E-state index contributed by atoms with van der Waals surface area (Å²) in [5.41, 5.74) is 7.10. The largest absolute Gasteiger partial charge is 0.469 e. The molecule has 0 radical (unpaired) electrons. The van der Waals surface area contributed by atoms with Gasteiger partial charge in [0.05, 0.1) is 12.8 Å². The van der Waals surface area contributed by atoms with Gasteiger partial charge in [-0.2, -0.15) is 0 Å². The van der Waals surface area contributed by atoms with Crippen LogP contribution in [0.5, 0.6) is 0 Å². The van der Waals surface area contributed by atoms with E-state index in [4.69, 9.17) is 18.0 Å². The number of hydrogen-bond donors (Lipinski definition) is 1. The van der Waals surface area contributed by atoms with E-state index in [2.05, 4.69) is 9.72 Å². The zero-order chi connectivity index (χ0) is 13.5. The maximum absolute atomic E-state index is 11.0. The second kappa shape index (κ2) is 6.90. The molecule has 5 nitrogen and oxygen atoms in total. The highest BCUT2D eigenvalue weighted by molar-refractivity contribution is 7.80. The molecule has 0 saturated carbocycles. The van der Waals surface area contributed by atoms with Gasteiger partial charge in [0.25, 0.3) is 0 Å².